The van der Waals surface area contributed by atoms with Gasteiger partial charge in [0.15, 0.2) is 0 Å². The molecular weight excluding hydrogens is 886 g/mol. The lowest BCUT2D eigenvalue weighted by molar-refractivity contribution is -0.914. The number of unbranched alkanes of at least 4 members (excludes halogenated alkanes) is 9. The second-order valence-electron chi connectivity index (χ2n) is 21.8. The fourth-order valence-corrected chi connectivity index (χ4v) is 9.57. The van der Waals surface area contributed by atoms with Crippen molar-refractivity contribution in [3.05, 3.63) is 108 Å². The van der Waals surface area contributed by atoms with Crippen molar-refractivity contribution < 1.29 is 35.3 Å². The van der Waals surface area contributed by atoms with E-state index < -0.39 is 0 Å². The van der Waals surface area contributed by atoms with Gasteiger partial charge in [-0.15, -0.1) is 22.1 Å². The first-order chi connectivity index (χ1) is 33.2. The van der Waals surface area contributed by atoms with Crippen molar-refractivity contribution in [1.82, 2.24) is 19.9 Å². The smallest absolute Gasteiger partial charge is 0.119 e. The predicted molar refractivity (Wildman–Crippen MR) is 291 cm³/mol. The maximum atomic E-state index is 6.31. The average molecular weight is 969 g/mol. The molecule has 10 heteroatoms. The minimum absolute atomic E-state index is 0. The Morgan fingerprint density at radius 2 is 0.829 bits per heavy atom. The second kappa shape index (κ2) is 25.8. The molecule has 0 saturated carbocycles. The van der Waals surface area contributed by atoms with Crippen molar-refractivity contribution in [2.24, 2.45) is 0 Å². The highest BCUT2D eigenvalue weighted by Crippen LogP contribution is 2.33. The normalized spacial score (nSPS) is 12.6. The van der Waals surface area contributed by atoms with Crippen molar-refractivity contribution in [3.8, 4) is 33.8 Å². The summed E-state index contributed by atoms with van der Waals surface area (Å²) in [7, 11) is 16.3. The number of hydrogen-bond donors (Lipinski definition) is 0. The maximum Gasteiger partial charge on any atom is 0.119 e. The van der Waals surface area contributed by atoms with E-state index >= 15 is 0 Å². The standard InChI is InChI=1S/C60H82N7O2.ClH/c1-9-10-11-12-13-14-15-16-17-18-43-68-53-30-22-47(23-31-53)59-55-34-26-49(61-55)45-51-28-36-57(63-51)60(58-37-29-52(64-58)46-50-27-35-56(59)62-50)48-24-32-54(33-25-48)69-44-21-42-67(7,8)41-20-40-66(5,6)39-19-38-65(2,3)4;/h22-37,45-46H,9-21,38-44H2,1-8H3;1H/q+1;/p-1. The molecule has 0 amide bonds. The lowest BCUT2D eigenvalue weighted by Crippen LogP contribution is -3.00. The molecule has 0 N–H and O–H groups in total. The molecule has 0 spiro atoms. The molecule has 5 aromatic rings. The average Bonchev–Trinajstić information content (AvgIpc) is 4.15. The first-order valence-electron chi connectivity index (χ1n) is 26.1. The first-order valence-corrected chi connectivity index (χ1v) is 26.1. The van der Waals surface area contributed by atoms with Crippen molar-refractivity contribution in [2.75, 3.05) is 95.3 Å². The van der Waals surface area contributed by atoms with E-state index in [9.17, 15) is 0 Å². The number of ether oxygens (including phenoxy) is 2. The van der Waals surface area contributed by atoms with E-state index in [1.165, 1.54) is 96.8 Å². The zero-order valence-electron chi connectivity index (χ0n) is 43.9. The largest absolute Gasteiger partial charge is 1.00 e. The minimum Gasteiger partial charge on any atom is -1.00 e. The Bertz CT molecular complexity index is 2630. The zero-order valence-corrected chi connectivity index (χ0v) is 44.6. The molecule has 0 saturated heterocycles. The van der Waals surface area contributed by atoms with Crippen molar-refractivity contribution in [3.63, 3.8) is 0 Å². The Hall–Kier alpha value is -5.19. The molecule has 2 aromatic carbocycles. The van der Waals surface area contributed by atoms with E-state index in [2.05, 4.69) is 153 Å². The van der Waals surface area contributed by atoms with Crippen LogP contribution in [-0.4, -0.2) is 119 Å². The van der Waals surface area contributed by atoms with E-state index in [0.29, 0.717) is 6.61 Å². The highest BCUT2D eigenvalue weighted by atomic mass is 35.5. The van der Waals surface area contributed by atoms with E-state index in [-0.39, 0.29) is 12.4 Å². The third kappa shape index (κ3) is 16.7. The number of quaternary nitrogens is 3. The van der Waals surface area contributed by atoms with Gasteiger partial charge < -0.3 is 45.3 Å². The molecule has 3 aromatic heterocycles. The lowest BCUT2D eigenvalue weighted by Gasteiger charge is -2.34. The van der Waals surface area contributed by atoms with Crippen molar-refractivity contribution in [2.45, 2.75) is 90.4 Å². The molecule has 8 bridgehead atoms. The monoisotopic (exact) mass is 968 g/mol. The number of halogens is 1. The summed E-state index contributed by atoms with van der Waals surface area (Å²) in [6, 6.07) is 29.2. The molecule has 0 atom stereocenters. The van der Waals surface area contributed by atoms with Gasteiger partial charge in [-0.3, -0.25) is 0 Å². The Morgan fingerprint density at radius 3 is 1.27 bits per heavy atom. The van der Waals surface area contributed by atoms with Crippen LogP contribution in [-0.2, 0) is 0 Å². The van der Waals surface area contributed by atoms with Gasteiger partial charge >= 0.3 is 0 Å². The van der Waals surface area contributed by atoms with Gasteiger partial charge in [0.05, 0.1) is 118 Å². The molecule has 5 heterocycles. The van der Waals surface area contributed by atoms with Crippen LogP contribution in [0.4, 0.5) is 0 Å². The number of fused-ring (bicyclic) bond motifs is 8. The number of benzene rings is 2. The molecule has 7 rings (SSSR count). The summed E-state index contributed by atoms with van der Waals surface area (Å²) in [6.45, 7) is 9.63. The fourth-order valence-electron chi connectivity index (χ4n) is 9.57. The Morgan fingerprint density at radius 1 is 0.429 bits per heavy atom. The summed E-state index contributed by atoms with van der Waals surface area (Å²) < 4.78 is 15.6. The topological polar surface area (TPSA) is 72.4 Å². The van der Waals surface area contributed by atoms with E-state index in [0.717, 1.165) is 118 Å². The van der Waals surface area contributed by atoms with E-state index in [4.69, 9.17) is 29.4 Å². The minimum atomic E-state index is 0. The third-order valence-corrected chi connectivity index (χ3v) is 13.6. The summed E-state index contributed by atoms with van der Waals surface area (Å²) in [6.07, 6.45) is 24.9. The van der Waals surface area contributed by atoms with E-state index in [1.807, 2.05) is 12.1 Å². The summed E-state index contributed by atoms with van der Waals surface area (Å²) in [5.74, 6) is 1.76. The molecule has 376 valence electrons. The molecule has 0 unspecified atom stereocenters. The van der Waals surface area contributed by atoms with Gasteiger partial charge in [0.1, 0.15) is 11.5 Å². The first kappa shape index (κ1) is 54.1. The number of rotatable bonds is 27. The lowest BCUT2D eigenvalue weighted by atomic mass is 10.0. The van der Waals surface area contributed by atoms with Crippen LogP contribution in [0.5, 0.6) is 11.5 Å². The fraction of sp³-hybridized carbons (Fsp3) is 0.467. The zero-order chi connectivity index (χ0) is 48.7. The molecular formula is C60H82ClN7O2. The van der Waals surface area contributed by atoms with Gasteiger partial charge in [-0.25, -0.2) is 9.97 Å². The van der Waals surface area contributed by atoms with Crippen LogP contribution in [0.25, 0.3) is 68.6 Å². The summed E-state index contributed by atoms with van der Waals surface area (Å²) in [5.41, 5.74) is 10.9. The molecule has 0 radical (unpaired) electrons. The number of nitrogens with zero attached hydrogens (tertiary/aromatic N) is 7. The molecule has 0 aliphatic carbocycles. The van der Waals surface area contributed by atoms with Gasteiger partial charge in [0, 0.05) is 19.3 Å². The van der Waals surface area contributed by atoms with Crippen LogP contribution in [0.3, 0.4) is 0 Å². The molecule has 2 aliphatic heterocycles. The van der Waals surface area contributed by atoms with Crippen LogP contribution in [0.2, 0.25) is 0 Å². The summed E-state index contributed by atoms with van der Waals surface area (Å²) in [4.78, 5) is 20.5. The molecule has 0 fully saturated rings. The summed E-state index contributed by atoms with van der Waals surface area (Å²) >= 11 is 0. The van der Waals surface area contributed by atoms with Crippen LogP contribution in [0.1, 0.15) is 113 Å². The predicted octanol–water partition coefficient (Wildman–Crippen LogP) is 9.96. The van der Waals surface area contributed by atoms with Crippen LogP contribution < -0.4 is 31.8 Å². The van der Waals surface area contributed by atoms with Gasteiger partial charge in [0.25, 0.3) is 0 Å². The Kier molecular flexibility index (Phi) is 19.9. The van der Waals surface area contributed by atoms with Gasteiger partial charge in [-0.2, -0.15) is 0 Å². The highest BCUT2D eigenvalue weighted by molar-refractivity contribution is 5.93. The maximum absolute atomic E-state index is 6.31. The number of hydrogen-bond acceptors (Lipinski definition) is 4. The third-order valence-electron chi connectivity index (χ3n) is 13.6. The SMILES string of the molecule is CCCCCCCCCCCCOc1ccc(-c2c3nc(cc4ccc([n-]4)c(-c4ccc(OCCC[N+](C)(C)CCC[N+](C)(C)CCC[N+](C)(C)C)cc4)c4nc(cc5ccc2[n-]5)C=C4)C=C3)cc1.[Cl-]. The molecule has 70 heavy (non-hydrogen) atoms. The quantitative estimate of drug-likeness (QED) is 0.0378. The molecule has 2 aliphatic rings. The van der Waals surface area contributed by atoms with Crippen LogP contribution in [0, 0.1) is 0 Å². The van der Waals surface area contributed by atoms with Crippen LogP contribution in [0.15, 0.2) is 84.9 Å². The Labute approximate surface area is 426 Å². The molecule has 9 nitrogen and oxygen atoms in total. The van der Waals surface area contributed by atoms with E-state index in [1.54, 1.807) is 0 Å². The van der Waals surface area contributed by atoms with Crippen molar-refractivity contribution >= 4 is 46.4 Å². The van der Waals surface area contributed by atoms with Crippen LogP contribution >= 0.6 is 0 Å². The highest BCUT2D eigenvalue weighted by Gasteiger charge is 2.21. The van der Waals surface area contributed by atoms with Gasteiger partial charge in [0.2, 0.25) is 0 Å². The Balaban J connectivity index is 0.00000804. The number of aromatic nitrogens is 4. The second-order valence-corrected chi connectivity index (χ2v) is 21.8. The van der Waals surface area contributed by atoms with Gasteiger partial charge in [-0.1, -0.05) is 125 Å². The summed E-state index contributed by atoms with van der Waals surface area (Å²) in [5, 5.41) is 0. The van der Waals surface area contributed by atoms with Gasteiger partial charge in [-0.05, 0) is 77.2 Å². The van der Waals surface area contributed by atoms with Crippen molar-refractivity contribution in [1.29, 1.82) is 0 Å².